The number of rotatable bonds is 2. The van der Waals surface area contributed by atoms with Crippen molar-refractivity contribution in [3.63, 3.8) is 0 Å². The van der Waals surface area contributed by atoms with Gasteiger partial charge in [0.15, 0.2) is 0 Å². The quantitative estimate of drug-likeness (QED) is 0.844. The SMILES string of the molecule is c1c(C2CCCCCC2)nn2c1NCCC2C1CCOC1. The predicted molar refractivity (Wildman–Crippen MR) is 83.7 cm³/mol. The van der Waals surface area contributed by atoms with Crippen LogP contribution in [0.15, 0.2) is 6.07 Å². The van der Waals surface area contributed by atoms with Crippen molar-refractivity contribution in [3.8, 4) is 0 Å². The lowest BCUT2D eigenvalue weighted by Crippen LogP contribution is -2.29. The molecule has 2 unspecified atom stereocenters. The highest BCUT2D eigenvalue weighted by Crippen LogP contribution is 2.37. The van der Waals surface area contributed by atoms with Crippen molar-refractivity contribution in [2.75, 3.05) is 25.1 Å². The van der Waals surface area contributed by atoms with Gasteiger partial charge in [0.05, 0.1) is 18.3 Å². The number of anilines is 1. The first kappa shape index (κ1) is 13.6. The molecular weight excluding hydrogens is 262 g/mol. The van der Waals surface area contributed by atoms with Gasteiger partial charge in [-0.25, -0.2) is 4.68 Å². The van der Waals surface area contributed by atoms with E-state index in [-0.39, 0.29) is 0 Å². The third kappa shape index (κ3) is 2.70. The number of fused-ring (bicyclic) bond motifs is 1. The summed E-state index contributed by atoms with van der Waals surface area (Å²) in [5.41, 5.74) is 1.34. The molecule has 0 amide bonds. The molecule has 2 fully saturated rings. The Labute approximate surface area is 127 Å². The van der Waals surface area contributed by atoms with Crippen LogP contribution in [0.4, 0.5) is 5.82 Å². The minimum absolute atomic E-state index is 0.545. The van der Waals surface area contributed by atoms with Gasteiger partial charge in [-0.1, -0.05) is 25.7 Å². The monoisotopic (exact) mass is 289 g/mol. The van der Waals surface area contributed by atoms with Crippen molar-refractivity contribution in [1.29, 1.82) is 0 Å². The number of aromatic nitrogens is 2. The summed E-state index contributed by atoms with van der Waals surface area (Å²) < 4.78 is 7.90. The molecule has 4 rings (SSSR count). The van der Waals surface area contributed by atoms with Gasteiger partial charge in [-0.2, -0.15) is 5.10 Å². The summed E-state index contributed by atoms with van der Waals surface area (Å²) >= 11 is 0. The fraction of sp³-hybridized carbons (Fsp3) is 0.824. The molecule has 2 atom stereocenters. The van der Waals surface area contributed by atoms with Crippen LogP contribution in [0, 0.1) is 5.92 Å². The average molecular weight is 289 g/mol. The third-order valence-electron chi connectivity index (χ3n) is 5.60. The fourth-order valence-corrected chi connectivity index (χ4v) is 4.33. The van der Waals surface area contributed by atoms with Crippen LogP contribution in [0.2, 0.25) is 0 Å². The van der Waals surface area contributed by atoms with E-state index in [0.29, 0.717) is 17.9 Å². The summed E-state index contributed by atoms with van der Waals surface area (Å²) in [5, 5.41) is 8.59. The van der Waals surface area contributed by atoms with Crippen molar-refractivity contribution in [1.82, 2.24) is 9.78 Å². The summed E-state index contributed by atoms with van der Waals surface area (Å²) in [7, 11) is 0. The standard InChI is InChI=1S/C17H27N3O/c1-2-4-6-13(5-3-1)15-11-17-18-9-7-16(20(17)19-15)14-8-10-21-12-14/h11,13-14,16,18H,1-10,12H2. The van der Waals surface area contributed by atoms with Crippen molar-refractivity contribution < 1.29 is 4.74 Å². The van der Waals surface area contributed by atoms with Crippen LogP contribution in [0.3, 0.4) is 0 Å². The third-order valence-corrected chi connectivity index (χ3v) is 5.60. The van der Waals surface area contributed by atoms with Crippen LogP contribution in [-0.2, 0) is 4.74 Å². The van der Waals surface area contributed by atoms with Gasteiger partial charge in [0, 0.05) is 31.1 Å². The fourth-order valence-electron chi connectivity index (χ4n) is 4.33. The Morgan fingerprint density at radius 1 is 1.10 bits per heavy atom. The maximum absolute atomic E-state index is 5.60. The lowest BCUT2D eigenvalue weighted by Gasteiger charge is -2.29. The van der Waals surface area contributed by atoms with E-state index < -0.39 is 0 Å². The van der Waals surface area contributed by atoms with Gasteiger partial charge in [-0.05, 0) is 25.7 Å². The van der Waals surface area contributed by atoms with Gasteiger partial charge in [0.25, 0.3) is 0 Å². The molecule has 3 aliphatic rings. The summed E-state index contributed by atoms with van der Waals surface area (Å²) in [6.45, 7) is 2.93. The van der Waals surface area contributed by atoms with E-state index in [1.54, 1.807) is 0 Å². The Kier molecular flexibility index (Phi) is 3.89. The second kappa shape index (κ2) is 5.99. The molecule has 0 bridgehead atoms. The molecule has 116 valence electrons. The lowest BCUT2D eigenvalue weighted by atomic mass is 9.95. The van der Waals surface area contributed by atoms with Gasteiger partial charge >= 0.3 is 0 Å². The Bertz CT molecular complexity index is 470. The number of nitrogens with one attached hydrogen (secondary N) is 1. The molecule has 1 saturated heterocycles. The van der Waals surface area contributed by atoms with Gasteiger partial charge in [0.2, 0.25) is 0 Å². The second-order valence-electron chi connectivity index (χ2n) is 6.99. The highest BCUT2D eigenvalue weighted by Gasteiger charge is 2.32. The van der Waals surface area contributed by atoms with Crippen LogP contribution in [0.1, 0.15) is 69.0 Å². The van der Waals surface area contributed by atoms with Crippen molar-refractivity contribution in [3.05, 3.63) is 11.8 Å². The summed E-state index contributed by atoms with van der Waals surface area (Å²) in [4.78, 5) is 0. The van der Waals surface area contributed by atoms with Gasteiger partial charge in [-0.15, -0.1) is 0 Å². The van der Waals surface area contributed by atoms with Gasteiger partial charge in [0.1, 0.15) is 5.82 Å². The molecule has 1 saturated carbocycles. The Morgan fingerprint density at radius 3 is 2.71 bits per heavy atom. The molecule has 0 spiro atoms. The zero-order chi connectivity index (χ0) is 14.1. The molecule has 3 heterocycles. The Hall–Kier alpha value is -1.03. The van der Waals surface area contributed by atoms with Crippen molar-refractivity contribution in [2.24, 2.45) is 5.92 Å². The topological polar surface area (TPSA) is 39.1 Å². The van der Waals surface area contributed by atoms with E-state index in [1.165, 1.54) is 62.9 Å². The van der Waals surface area contributed by atoms with E-state index in [1.807, 2.05) is 0 Å². The van der Waals surface area contributed by atoms with E-state index in [2.05, 4.69) is 16.1 Å². The molecule has 1 aromatic heterocycles. The number of ether oxygens (including phenoxy) is 1. The minimum atomic E-state index is 0.545. The highest BCUT2D eigenvalue weighted by molar-refractivity contribution is 5.40. The second-order valence-corrected chi connectivity index (χ2v) is 6.99. The number of hydrogen-bond acceptors (Lipinski definition) is 3. The first-order chi connectivity index (χ1) is 10.4. The van der Waals surface area contributed by atoms with E-state index in [4.69, 9.17) is 9.84 Å². The maximum atomic E-state index is 5.60. The summed E-state index contributed by atoms with van der Waals surface area (Å²) in [5.74, 6) is 2.60. The van der Waals surface area contributed by atoms with E-state index in [9.17, 15) is 0 Å². The van der Waals surface area contributed by atoms with Crippen LogP contribution < -0.4 is 5.32 Å². The van der Waals surface area contributed by atoms with Crippen LogP contribution >= 0.6 is 0 Å². The lowest BCUT2D eigenvalue weighted by molar-refractivity contribution is 0.167. The summed E-state index contributed by atoms with van der Waals surface area (Å²) in [6.07, 6.45) is 10.6. The zero-order valence-corrected chi connectivity index (χ0v) is 12.9. The van der Waals surface area contributed by atoms with Gasteiger partial charge < -0.3 is 10.1 Å². The molecule has 0 aromatic carbocycles. The molecular formula is C17H27N3O. The molecule has 21 heavy (non-hydrogen) atoms. The minimum Gasteiger partial charge on any atom is -0.381 e. The molecule has 1 aromatic rings. The zero-order valence-electron chi connectivity index (χ0n) is 12.9. The predicted octanol–water partition coefficient (Wildman–Crippen LogP) is 3.71. The van der Waals surface area contributed by atoms with Gasteiger partial charge in [-0.3, -0.25) is 0 Å². The largest absolute Gasteiger partial charge is 0.381 e. The first-order valence-electron chi connectivity index (χ1n) is 8.83. The van der Waals surface area contributed by atoms with Crippen LogP contribution in [0.25, 0.3) is 0 Å². The molecule has 1 N–H and O–H groups in total. The van der Waals surface area contributed by atoms with Crippen LogP contribution in [-0.4, -0.2) is 29.5 Å². The van der Waals surface area contributed by atoms with E-state index >= 15 is 0 Å². The number of nitrogens with zero attached hydrogens (tertiary/aromatic N) is 2. The maximum Gasteiger partial charge on any atom is 0.124 e. The van der Waals surface area contributed by atoms with Crippen molar-refractivity contribution >= 4 is 5.82 Å². The first-order valence-corrected chi connectivity index (χ1v) is 8.83. The number of hydrogen-bond donors (Lipinski definition) is 1. The Morgan fingerprint density at radius 2 is 1.95 bits per heavy atom. The highest BCUT2D eigenvalue weighted by atomic mass is 16.5. The normalized spacial score (nSPS) is 30.7. The molecule has 4 heteroatoms. The van der Waals surface area contributed by atoms with Crippen molar-refractivity contribution in [2.45, 2.75) is 63.3 Å². The molecule has 1 aliphatic carbocycles. The molecule has 0 radical (unpaired) electrons. The Balaban J connectivity index is 1.57. The molecule has 4 nitrogen and oxygen atoms in total. The average Bonchev–Trinajstić information content (AvgIpc) is 3.10. The summed E-state index contributed by atoms with van der Waals surface area (Å²) in [6, 6.07) is 2.88. The van der Waals surface area contributed by atoms with Crippen LogP contribution in [0.5, 0.6) is 0 Å². The smallest absolute Gasteiger partial charge is 0.124 e. The van der Waals surface area contributed by atoms with E-state index in [0.717, 1.165) is 19.8 Å². The molecule has 2 aliphatic heterocycles.